The quantitative estimate of drug-likeness (QED) is 0.672. The molecule has 6 heteroatoms. The van der Waals surface area contributed by atoms with Gasteiger partial charge >= 0.3 is 5.97 Å². The zero-order chi connectivity index (χ0) is 10.6. The predicted octanol–water partition coefficient (Wildman–Crippen LogP) is -0.345. The molecule has 0 saturated heterocycles. The normalized spacial score (nSPS) is 9.57. The lowest BCUT2D eigenvalue weighted by atomic mass is 10.3. The van der Waals surface area contributed by atoms with Gasteiger partial charge in [-0.05, 0) is 0 Å². The van der Waals surface area contributed by atoms with Crippen molar-refractivity contribution < 1.29 is 14.3 Å². The number of H-pyrrole nitrogens is 1. The Bertz CT molecular complexity index is 321. The van der Waals surface area contributed by atoms with Crippen molar-refractivity contribution in [3.8, 4) is 0 Å². The first-order chi connectivity index (χ1) is 6.65. The highest BCUT2D eigenvalue weighted by Crippen LogP contribution is 1.99. The first-order valence-corrected chi connectivity index (χ1v) is 3.96. The molecule has 14 heavy (non-hydrogen) atoms. The molecule has 6 nitrogen and oxygen atoms in total. The molecule has 1 aromatic rings. The molecule has 0 bridgehead atoms. The molecule has 0 aliphatic heterocycles. The third-order valence-electron chi connectivity index (χ3n) is 1.69. The Kier molecular flexibility index (Phi) is 3.22. The minimum atomic E-state index is -0.454. The zero-order valence-electron chi connectivity index (χ0n) is 7.98. The maximum absolute atomic E-state index is 11.5. The van der Waals surface area contributed by atoms with E-state index in [1.807, 2.05) is 0 Å². The van der Waals surface area contributed by atoms with Gasteiger partial charge in [0, 0.05) is 13.2 Å². The summed E-state index contributed by atoms with van der Waals surface area (Å²) in [4.78, 5) is 23.6. The van der Waals surface area contributed by atoms with Crippen LogP contribution < -0.4 is 0 Å². The minimum Gasteiger partial charge on any atom is -0.468 e. The first-order valence-electron chi connectivity index (χ1n) is 3.96. The fourth-order valence-corrected chi connectivity index (χ4v) is 0.918. The van der Waals surface area contributed by atoms with Crippen LogP contribution in [0.5, 0.6) is 0 Å². The van der Waals surface area contributed by atoms with Crippen LogP contribution in [-0.2, 0) is 9.53 Å². The first kappa shape index (κ1) is 10.2. The Labute approximate surface area is 80.8 Å². The van der Waals surface area contributed by atoms with Gasteiger partial charge in [0.25, 0.3) is 5.91 Å². The monoisotopic (exact) mass is 197 g/mol. The second kappa shape index (κ2) is 4.40. The number of aromatic amines is 1. The Hall–Kier alpha value is -1.85. The molecular formula is C8H11N3O3. The van der Waals surface area contributed by atoms with Crippen LogP contribution in [0, 0.1) is 0 Å². The van der Waals surface area contributed by atoms with Crippen molar-refractivity contribution in [2.24, 2.45) is 0 Å². The predicted molar refractivity (Wildman–Crippen MR) is 47.6 cm³/mol. The molecule has 0 spiro atoms. The Morgan fingerprint density at radius 1 is 1.64 bits per heavy atom. The molecule has 0 radical (unpaired) electrons. The number of esters is 1. The van der Waals surface area contributed by atoms with E-state index in [0.717, 1.165) is 0 Å². The summed E-state index contributed by atoms with van der Waals surface area (Å²) in [5, 5.41) is 6.16. The molecule has 1 aromatic heterocycles. The summed E-state index contributed by atoms with van der Waals surface area (Å²) < 4.78 is 4.43. The number of hydrogen-bond donors (Lipinski definition) is 1. The number of amides is 1. The number of likely N-dealkylation sites (N-methyl/N-ethyl adjacent to an activating group) is 1. The highest BCUT2D eigenvalue weighted by Gasteiger charge is 2.15. The van der Waals surface area contributed by atoms with E-state index in [1.165, 1.54) is 31.5 Å². The highest BCUT2D eigenvalue weighted by atomic mass is 16.5. The average molecular weight is 197 g/mol. The van der Waals surface area contributed by atoms with Gasteiger partial charge in [0.15, 0.2) is 0 Å². The summed E-state index contributed by atoms with van der Waals surface area (Å²) in [7, 11) is 2.80. The summed E-state index contributed by atoms with van der Waals surface area (Å²) in [5.41, 5.74) is 0.413. The summed E-state index contributed by atoms with van der Waals surface area (Å²) in [6.45, 7) is -0.0689. The molecule has 1 rings (SSSR count). The highest BCUT2D eigenvalue weighted by molar-refractivity contribution is 5.95. The van der Waals surface area contributed by atoms with Gasteiger partial charge < -0.3 is 9.64 Å². The van der Waals surface area contributed by atoms with Crippen LogP contribution in [0.2, 0.25) is 0 Å². The summed E-state index contributed by atoms with van der Waals surface area (Å²) >= 11 is 0. The number of hydrogen-bond acceptors (Lipinski definition) is 4. The third-order valence-corrected chi connectivity index (χ3v) is 1.69. The Morgan fingerprint density at radius 3 is 2.86 bits per heavy atom. The van der Waals surface area contributed by atoms with Gasteiger partial charge in [0.2, 0.25) is 0 Å². The number of ether oxygens (including phenoxy) is 1. The van der Waals surface area contributed by atoms with Gasteiger partial charge in [0.1, 0.15) is 6.54 Å². The van der Waals surface area contributed by atoms with Gasteiger partial charge in [-0.15, -0.1) is 0 Å². The molecule has 1 N–H and O–H groups in total. The lowest BCUT2D eigenvalue weighted by Gasteiger charge is -2.13. The third kappa shape index (κ3) is 2.32. The molecule has 0 aliphatic carbocycles. The molecule has 0 fully saturated rings. The summed E-state index contributed by atoms with van der Waals surface area (Å²) in [5.74, 6) is -0.728. The molecule has 76 valence electrons. The topological polar surface area (TPSA) is 75.3 Å². The van der Waals surface area contributed by atoms with Crippen LogP contribution >= 0.6 is 0 Å². The van der Waals surface area contributed by atoms with Gasteiger partial charge in [-0.25, -0.2) is 0 Å². The maximum Gasteiger partial charge on any atom is 0.325 e. The van der Waals surface area contributed by atoms with Crippen LogP contribution in [0.15, 0.2) is 12.4 Å². The second-order valence-corrected chi connectivity index (χ2v) is 2.72. The van der Waals surface area contributed by atoms with Crippen LogP contribution in [-0.4, -0.2) is 47.7 Å². The Balaban J connectivity index is 2.58. The van der Waals surface area contributed by atoms with E-state index in [9.17, 15) is 9.59 Å². The largest absolute Gasteiger partial charge is 0.468 e. The lowest BCUT2D eigenvalue weighted by molar-refractivity contribution is -0.141. The van der Waals surface area contributed by atoms with Gasteiger partial charge in [-0.1, -0.05) is 0 Å². The molecule has 0 saturated carbocycles. The molecule has 0 aromatic carbocycles. The van der Waals surface area contributed by atoms with E-state index in [2.05, 4.69) is 14.9 Å². The summed E-state index contributed by atoms with van der Waals surface area (Å²) in [6, 6.07) is 0. The van der Waals surface area contributed by atoms with Gasteiger partial charge in [-0.2, -0.15) is 5.10 Å². The van der Waals surface area contributed by atoms with Crippen molar-refractivity contribution in [3.05, 3.63) is 18.0 Å². The number of carbonyl (C=O) groups excluding carboxylic acids is 2. The molecule has 0 aliphatic rings. The number of nitrogens with zero attached hydrogens (tertiary/aromatic N) is 2. The number of methoxy groups -OCH3 is 1. The molecule has 1 heterocycles. The fraction of sp³-hybridized carbons (Fsp3) is 0.375. The van der Waals surface area contributed by atoms with Crippen molar-refractivity contribution in [3.63, 3.8) is 0 Å². The SMILES string of the molecule is COC(=O)CN(C)C(=O)c1cn[nH]c1. The van der Waals surface area contributed by atoms with E-state index in [0.29, 0.717) is 5.56 Å². The number of rotatable bonds is 3. The lowest BCUT2D eigenvalue weighted by Crippen LogP contribution is -2.32. The van der Waals surface area contributed by atoms with Crippen molar-refractivity contribution >= 4 is 11.9 Å². The van der Waals surface area contributed by atoms with Crippen molar-refractivity contribution in [1.82, 2.24) is 15.1 Å². The van der Waals surface area contributed by atoms with Crippen molar-refractivity contribution in [2.45, 2.75) is 0 Å². The van der Waals surface area contributed by atoms with E-state index < -0.39 is 5.97 Å². The molecule has 1 amide bonds. The minimum absolute atomic E-state index is 0.0689. The fourth-order valence-electron chi connectivity index (χ4n) is 0.918. The number of aromatic nitrogens is 2. The second-order valence-electron chi connectivity index (χ2n) is 2.72. The van der Waals surface area contributed by atoms with E-state index in [1.54, 1.807) is 0 Å². The van der Waals surface area contributed by atoms with Crippen molar-refractivity contribution in [1.29, 1.82) is 0 Å². The number of nitrogens with one attached hydrogen (secondary N) is 1. The van der Waals surface area contributed by atoms with Gasteiger partial charge in [0.05, 0.1) is 18.9 Å². The maximum atomic E-state index is 11.5. The van der Waals surface area contributed by atoms with Crippen LogP contribution in [0.4, 0.5) is 0 Å². The van der Waals surface area contributed by atoms with E-state index in [4.69, 9.17) is 0 Å². The molecule has 0 unspecified atom stereocenters. The standard InChI is InChI=1S/C8H11N3O3/c1-11(5-7(12)14-2)8(13)6-3-9-10-4-6/h3-4H,5H2,1-2H3,(H,9,10). The van der Waals surface area contributed by atoms with Gasteiger partial charge in [-0.3, -0.25) is 14.7 Å². The van der Waals surface area contributed by atoms with E-state index >= 15 is 0 Å². The van der Waals surface area contributed by atoms with Crippen LogP contribution in [0.25, 0.3) is 0 Å². The smallest absolute Gasteiger partial charge is 0.325 e. The van der Waals surface area contributed by atoms with E-state index in [-0.39, 0.29) is 12.5 Å². The molecular weight excluding hydrogens is 186 g/mol. The van der Waals surface area contributed by atoms with Crippen molar-refractivity contribution in [2.75, 3.05) is 20.7 Å². The average Bonchev–Trinajstić information content (AvgIpc) is 2.69. The Morgan fingerprint density at radius 2 is 2.36 bits per heavy atom. The van der Waals surface area contributed by atoms with Crippen LogP contribution in [0.1, 0.15) is 10.4 Å². The molecule has 0 atom stereocenters. The number of carbonyl (C=O) groups is 2. The summed E-state index contributed by atoms with van der Waals surface area (Å²) in [6.07, 6.45) is 2.87. The van der Waals surface area contributed by atoms with Crippen LogP contribution in [0.3, 0.4) is 0 Å². The zero-order valence-corrected chi connectivity index (χ0v) is 7.98.